The van der Waals surface area contributed by atoms with Gasteiger partial charge in [-0.05, 0) is 51.3 Å². The van der Waals surface area contributed by atoms with Crippen LogP contribution in [-0.2, 0) is 4.74 Å². The van der Waals surface area contributed by atoms with Gasteiger partial charge in [0.25, 0.3) is 0 Å². The Labute approximate surface area is 129 Å². The molecule has 0 amide bonds. The summed E-state index contributed by atoms with van der Waals surface area (Å²) >= 11 is 0. The smallest absolute Gasteiger partial charge is 0.0479 e. The van der Waals surface area contributed by atoms with Gasteiger partial charge in [-0.1, -0.05) is 23.8 Å². The highest BCUT2D eigenvalue weighted by molar-refractivity contribution is 5.25. The zero-order chi connectivity index (χ0) is 15.1. The van der Waals surface area contributed by atoms with Crippen LogP contribution in [0.25, 0.3) is 0 Å². The van der Waals surface area contributed by atoms with Crippen LogP contribution in [0.15, 0.2) is 35.6 Å². The van der Waals surface area contributed by atoms with Crippen molar-refractivity contribution in [2.24, 2.45) is 0 Å². The number of hydrogen-bond donors (Lipinski definition) is 1. The summed E-state index contributed by atoms with van der Waals surface area (Å²) in [5.41, 5.74) is 2.83. The molecule has 2 aliphatic rings. The molecule has 1 aliphatic carbocycles. The van der Waals surface area contributed by atoms with Crippen molar-refractivity contribution < 1.29 is 4.74 Å². The van der Waals surface area contributed by atoms with Crippen LogP contribution in [-0.4, -0.2) is 43.8 Å². The molecule has 0 aromatic rings. The van der Waals surface area contributed by atoms with Crippen molar-refractivity contribution in [2.45, 2.75) is 51.6 Å². The zero-order valence-corrected chi connectivity index (χ0v) is 13.8. The van der Waals surface area contributed by atoms with Crippen LogP contribution < -0.4 is 5.32 Å². The Morgan fingerprint density at radius 2 is 2.19 bits per heavy atom. The highest BCUT2D eigenvalue weighted by Gasteiger charge is 2.20. The quantitative estimate of drug-likeness (QED) is 0.728. The largest absolute Gasteiger partial charge is 0.385 e. The maximum absolute atomic E-state index is 5.18. The average Bonchev–Trinajstić information content (AvgIpc) is 3.26. The summed E-state index contributed by atoms with van der Waals surface area (Å²) in [7, 11) is 1.77. The molecule has 1 atom stereocenters. The number of methoxy groups -OCH3 is 1. The van der Waals surface area contributed by atoms with Crippen molar-refractivity contribution >= 4 is 0 Å². The fraction of sp³-hybridized carbons (Fsp3) is 0.667. The minimum atomic E-state index is 0.426. The third kappa shape index (κ3) is 6.06. The van der Waals surface area contributed by atoms with Crippen molar-refractivity contribution in [2.75, 3.05) is 26.8 Å². The first-order valence-corrected chi connectivity index (χ1v) is 8.21. The van der Waals surface area contributed by atoms with Gasteiger partial charge in [0.2, 0.25) is 0 Å². The number of ether oxygens (including phenoxy) is 1. The average molecular weight is 290 g/mol. The molecule has 0 spiro atoms. The molecule has 0 aromatic carbocycles. The summed E-state index contributed by atoms with van der Waals surface area (Å²) in [5.74, 6) is 0. The molecule has 0 bridgehead atoms. The molecule has 1 heterocycles. The topological polar surface area (TPSA) is 24.5 Å². The number of hydrogen-bond acceptors (Lipinski definition) is 3. The molecular weight excluding hydrogens is 260 g/mol. The van der Waals surface area contributed by atoms with Gasteiger partial charge < -0.3 is 15.0 Å². The summed E-state index contributed by atoms with van der Waals surface area (Å²) in [5, 5.41) is 3.62. The van der Waals surface area contributed by atoms with Crippen LogP contribution in [0.3, 0.4) is 0 Å². The van der Waals surface area contributed by atoms with E-state index in [0.717, 1.165) is 38.6 Å². The van der Waals surface area contributed by atoms with Crippen molar-refractivity contribution in [1.82, 2.24) is 10.2 Å². The SMILES string of the molecule is COCCCN1/C=C(/C)C/C=C\C(CNC2CC2)=C/C1C. The minimum Gasteiger partial charge on any atom is -0.385 e. The molecular formula is C18H30N2O. The van der Waals surface area contributed by atoms with E-state index in [0.29, 0.717) is 6.04 Å². The third-order valence-corrected chi connectivity index (χ3v) is 4.07. The first-order chi connectivity index (χ1) is 10.2. The first kappa shape index (κ1) is 16.3. The summed E-state index contributed by atoms with van der Waals surface area (Å²) < 4.78 is 5.18. The second-order valence-electron chi connectivity index (χ2n) is 6.30. The Bertz CT molecular complexity index is 407. The molecule has 1 unspecified atom stereocenters. The lowest BCUT2D eigenvalue weighted by Gasteiger charge is -2.27. The van der Waals surface area contributed by atoms with E-state index >= 15 is 0 Å². The van der Waals surface area contributed by atoms with Gasteiger partial charge in [-0.25, -0.2) is 0 Å². The van der Waals surface area contributed by atoms with Crippen LogP contribution in [0.5, 0.6) is 0 Å². The molecule has 2 rings (SSSR count). The molecule has 1 N–H and O–H groups in total. The number of allylic oxidation sites excluding steroid dienone is 2. The molecule has 1 saturated carbocycles. The van der Waals surface area contributed by atoms with E-state index in [1.165, 1.54) is 24.0 Å². The van der Waals surface area contributed by atoms with Gasteiger partial charge in [0.1, 0.15) is 0 Å². The first-order valence-electron chi connectivity index (χ1n) is 8.21. The van der Waals surface area contributed by atoms with Crippen molar-refractivity contribution in [1.29, 1.82) is 0 Å². The molecule has 1 fully saturated rings. The maximum Gasteiger partial charge on any atom is 0.0479 e. The van der Waals surface area contributed by atoms with E-state index in [2.05, 4.69) is 48.5 Å². The van der Waals surface area contributed by atoms with Gasteiger partial charge in [0.15, 0.2) is 0 Å². The summed E-state index contributed by atoms with van der Waals surface area (Å²) in [4.78, 5) is 2.44. The lowest BCUT2D eigenvalue weighted by molar-refractivity contribution is 0.179. The van der Waals surface area contributed by atoms with E-state index in [9.17, 15) is 0 Å². The van der Waals surface area contributed by atoms with E-state index in [4.69, 9.17) is 4.74 Å². The molecule has 0 aromatic heterocycles. The molecule has 0 radical (unpaired) electrons. The zero-order valence-electron chi connectivity index (χ0n) is 13.8. The summed E-state index contributed by atoms with van der Waals surface area (Å²) in [6.07, 6.45) is 14.1. The van der Waals surface area contributed by atoms with Crippen molar-refractivity contribution in [3.8, 4) is 0 Å². The van der Waals surface area contributed by atoms with E-state index < -0.39 is 0 Å². The fourth-order valence-electron chi connectivity index (χ4n) is 2.64. The van der Waals surface area contributed by atoms with Gasteiger partial charge in [-0.15, -0.1) is 0 Å². The standard InChI is InChI=1S/C18H30N2O/c1-15-6-4-7-17(13-19-18-8-9-18)12-16(2)20(14-15)10-5-11-21-3/h4,7,12,14,16,18-19H,5-6,8-11,13H2,1-3H3/b7-4-,15-14-,17-12+. The third-order valence-electron chi connectivity index (χ3n) is 4.07. The van der Waals surface area contributed by atoms with Gasteiger partial charge in [-0.2, -0.15) is 0 Å². The molecule has 3 heteroatoms. The highest BCUT2D eigenvalue weighted by atomic mass is 16.5. The maximum atomic E-state index is 5.18. The monoisotopic (exact) mass is 290 g/mol. The van der Waals surface area contributed by atoms with Gasteiger partial charge >= 0.3 is 0 Å². The van der Waals surface area contributed by atoms with Crippen molar-refractivity contribution in [3.05, 3.63) is 35.6 Å². The predicted octanol–water partition coefficient (Wildman–Crippen LogP) is 3.26. The predicted molar refractivity (Wildman–Crippen MR) is 89.3 cm³/mol. The molecule has 0 saturated heterocycles. The number of nitrogens with zero attached hydrogens (tertiary/aromatic N) is 1. The van der Waals surface area contributed by atoms with Gasteiger partial charge in [0, 0.05) is 38.9 Å². The minimum absolute atomic E-state index is 0.426. The Hall–Kier alpha value is -1.06. The molecule has 21 heavy (non-hydrogen) atoms. The lowest BCUT2D eigenvalue weighted by atomic mass is 10.1. The molecule has 118 valence electrons. The molecule has 1 aliphatic heterocycles. The number of nitrogens with one attached hydrogen (secondary N) is 1. The molecule has 3 nitrogen and oxygen atoms in total. The van der Waals surface area contributed by atoms with Crippen LogP contribution in [0.2, 0.25) is 0 Å². The second kappa shape index (κ2) is 8.40. The van der Waals surface area contributed by atoms with Gasteiger partial charge in [-0.3, -0.25) is 0 Å². The van der Waals surface area contributed by atoms with Crippen LogP contribution in [0, 0.1) is 0 Å². The summed E-state index contributed by atoms with van der Waals surface area (Å²) in [6, 6.07) is 1.19. The van der Waals surface area contributed by atoms with E-state index in [-0.39, 0.29) is 0 Å². The number of rotatable bonds is 7. The Morgan fingerprint density at radius 1 is 1.38 bits per heavy atom. The Kier molecular flexibility index (Phi) is 6.52. The van der Waals surface area contributed by atoms with Crippen LogP contribution in [0.1, 0.15) is 39.5 Å². The summed E-state index contributed by atoms with van der Waals surface area (Å²) in [6.45, 7) is 7.37. The lowest BCUT2D eigenvalue weighted by Crippen LogP contribution is -2.29. The van der Waals surface area contributed by atoms with Crippen LogP contribution in [0.4, 0.5) is 0 Å². The Balaban J connectivity index is 1.99. The van der Waals surface area contributed by atoms with E-state index in [1.54, 1.807) is 7.11 Å². The Morgan fingerprint density at radius 3 is 2.90 bits per heavy atom. The highest BCUT2D eigenvalue weighted by Crippen LogP contribution is 2.20. The van der Waals surface area contributed by atoms with Crippen molar-refractivity contribution in [3.63, 3.8) is 0 Å². The fourth-order valence-corrected chi connectivity index (χ4v) is 2.64. The van der Waals surface area contributed by atoms with Gasteiger partial charge in [0.05, 0.1) is 0 Å². The van der Waals surface area contributed by atoms with Crippen LogP contribution >= 0.6 is 0 Å². The normalized spacial score (nSPS) is 29.7. The second-order valence-corrected chi connectivity index (χ2v) is 6.30. The van der Waals surface area contributed by atoms with E-state index in [1.807, 2.05) is 0 Å².